The predicted octanol–water partition coefficient (Wildman–Crippen LogP) is 20.7. The Morgan fingerprint density at radius 1 is 0.267 bits per heavy atom. The molecular weight excluding hydrogens is 1190 g/mol. The van der Waals surface area contributed by atoms with Gasteiger partial charge < -0.3 is 33.8 Å². The molecule has 0 amide bonds. The molecule has 17 nitrogen and oxygen atoms in total. The van der Waals surface area contributed by atoms with Crippen LogP contribution in [-0.2, 0) is 65.4 Å². The zero-order chi connectivity index (χ0) is 66.1. The molecule has 0 heterocycles. The number of esters is 4. The van der Waals surface area contributed by atoms with Gasteiger partial charge in [-0.25, -0.2) is 9.13 Å². The molecular formula is C71H138O17P2. The number of rotatable bonds is 72. The Balaban J connectivity index is 5.15. The first-order valence-electron chi connectivity index (χ1n) is 37.3. The van der Waals surface area contributed by atoms with E-state index in [1.54, 1.807) is 0 Å². The summed E-state index contributed by atoms with van der Waals surface area (Å²) in [5.74, 6) is -2.13. The largest absolute Gasteiger partial charge is 0.472 e. The fourth-order valence-corrected chi connectivity index (χ4v) is 12.4. The van der Waals surface area contributed by atoms with Crippen molar-refractivity contribution in [3.63, 3.8) is 0 Å². The number of unbranched alkanes of at least 4 members (excludes halogenated alkanes) is 46. The quantitative estimate of drug-likeness (QED) is 0.0222. The molecule has 19 heteroatoms. The van der Waals surface area contributed by atoms with Crippen molar-refractivity contribution in [3.05, 3.63) is 0 Å². The third kappa shape index (κ3) is 64.8. The van der Waals surface area contributed by atoms with Gasteiger partial charge in [0.2, 0.25) is 0 Å². The summed E-state index contributed by atoms with van der Waals surface area (Å²) < 4.78 is 68.2. The van der Waals surface area contributed by atoms with Crippen molar-refractivity contribution < 1.29 is 80.2 Å². The van der Waals surface area contributed by atoms with Gasteiger partial charge >= 0.3 is 39.5 Å². The van der Waals surface area contributed by atoms with Crippen LogP contribution in [0.4, 0.5) is 0 Å². The topological polar surface area (TPSA) is 237 Å². The molecule has 0 aliphatic carbocycles. The lowest BCUT2D eigenvalue weighted by atomic mass is 10.0. The number of aliphatic hydroxyl groups excluding tert-OH is 1. The summed E-state index contributed by atoms with van der Waals surface area (Å²) in [6.07, 6.45) is 54.3. The van der Waals surface area contributed by atoms with Crippen molar-refractivity contribution in [1.29, 1.82) is 0 Å². The zero-order valence-corrected chi connectivity index (χ0v) is 59.9. The van der Waals surface area contributed by atoms with E-state index in [1.807, 2.05) is 0 Å². The second kappa shape index (κ2) is 65.7. The Kier molecular flexibility index (Phi) is 64.3. The highest BCUT2D eigenvalue weighted by Gasteiger charge is 2.30. The summed E-state index contributed by atoms with van der Waals surface area (Å²) in [7, 11) is -9.89. The van der Waals surface area contributed by atoms with Crippen molar-refractivity contribution >= 4 is 39.5 Å². The van der Waals surface area contributed by atoms with Crippen LogP contribution in [0.25, 0.3) is 0 Å². The van der Waals surface area contributed by atoms with Gasteiger partial charge in [0.05, 0.1) is 26.4 Å². The van der Waals surface area contributed by atoms with Gasteiger partial charge in [-0.1, -0.05) is 323 Å². The smallest absolute Gasteiger partial charge is 0.462 e. The summed E-state index contributed by atoms with van der Waals surface area (Å²) in [5.41, 5.74) is 0. The lowest BCUT2D eigenvalue weighted by molar-refractivity contribution is -0.161. The molecule has 0 aromatic carbocycles. The molecule has 0 aromatic rings. The van der Waals surface area contributed by atoms with Crippen LogP contribution in [0.5, 0.6) is 0 Å². The van der Waals surface area contributed by atoms with E-state index < -0.39 is 97.5 Å². The maximum absolute atomic E-state index is 13.0. The van der Waals surface area contributed by atoms with E-state index in [4.69, 9.17) is 37.0 Å². The van der Waals surface area contributed by atoms with Crippen molar-refractivity contribution in [2.75, 3.05) is 39.6 Å². The molecule has 0 saturated carbocycles. The first-order chi connectivity index (χ1) is 43.7. The number of carbonyl (C=O) groups excluding carboxylic acids is 4. The van der Waals surface area contributed by atoms with Crippen LogP contribution in [0.1, 0.15) is 374 Å². The number of ether oxygens (including phenoxy) is 4. The molecule has 0 aliphatic rings. The highest BCUT2D eigenvalue weighted by Crippen LogP contribution is 2.45. The van der Waals surface area contributed by atoms with Crippen LogP contribution in [0, 0.1) is 0 Å². The van der Waals surface area contributed by atoms with Gasteiger partial charge in [-0.3, -0.25) is 37.3 Å². The molecule has 0 aliphatic heterocycles. The molecule has 0 saturated heterocycles. The fourth-order valence-electron chi connectivity index (χ4n) is 10.9. The average molecular weight is 1330 g/mol. The summed E-state index contributed by atoms with van der Waals surface area (Å²) in [5, 5.41) is 10.6. The Morgan fingerprint density at radius 3 is 0.656 bits per heavy atom. The Bertz CT molecular complexity index is 1720. The maximum atomic E-state index is 13.0. The molecule has 0 bridgehead atoms. The Labute approximate surface area is 549 Å². The van der Waals surface area contributed by atoms with E-state index in [0.717, 1.165) is 103 Å². The lowest BCUT2D eigenvalue weighted by Crippen LogP contribution is -2.30. The predicted molar refractivity (Wildman–Crippen MR) is 363 cm³/mol. The fraction of sp³-hybridized carbons (Fsp3) is 0.944. The SMILES string of the molecule is CCCCCCCCCCCCCCCCCCCCCCC(=O)O[C@H](COC(=O)CCCCCCCCCCCCCCCC)COP(=O)(O)OC[C@@H](O)COP(=O)(O)OC[C@@H](COC(=O)CCCCCCCCCC)OC(=O)CCCCCCCCCC. The van der Waals surface area contributed by atoms with E-state index in [-0.39, 0.29) is 25.7 Å². The van der Waals surface area contributed by atoms with Crippen molar-refractivity contribution in [2.45, 2.75) is 393 Å². The number of phosphoric acid groups is 2. The lowest BCUT2D eigenvalue weighted by Gasteiger charge is -2.21. The zero-order valence-electron chi connectivity index (χ0n) is 58.1. The first-order valence-corrected chi connectivity index (χ1v) is 40.3. The van der Waals surface area contributed by atoms with Crippen LogP contribution in [0.3, 0.4) is 0 Å². The molecule has 2 unspecified atom stereocenters. The second-order valence-electron chi connectivity index (χ2n) is 25.6. The number of phosphoric ester groups is 2. The number of aliphatic hydroxyl groups is 1. The first kappa shape index (κ1) is 88.1. The van der Waals surface area contributed by atoms with Crippen LogP contribution in [0.2, 0.25) is 0 Å². The van der Waals surface area contributed by atoms with Gasteiger partial charge in [0.1, 0.15) is 19.3 Å². The molecule has 0 radical (unpaired) electrons. The highest BCUT2D eigenvalue weighted by atomic mass is 31.2. The third-order valence-corrected chi connectivity index (χ3v) is 18.5. The number of carbonyl (C=O) groups is 4. The molecule has 0 aromatic heterocycles. The monoisotopic (exact) mass is 1320 g/mol. The molecule has 0 rings (SSSR count). The minimum atomic E-state index is -4.95. The van der Waals surface area contributed by atoms with Gasteiger partial charge in [0, 0.05) is 25.7 Å². The standard InChI is InChI=1S/C71H138O17P2/c1-5-9-13-17-21-25-27-29-31-32-33-34-35-36-38-40-42-46-50-54-58-71(76)88-67(62-82-69(74)56-52-48-45-41-39-37-30-28-26-22-18-14-10-6-2)64-86-90(79,80)84-60-65(72)59-83-89(77,78)85-63-66(87-70(75)57-53-49-44-24-20-16-12-8-4)61-81-68(73)55-51-47-43-23-19-15-11-7-3/h65-67,72H,5-64H2,1-4H3,(H,77,78)(H,79,80)/t65-,66+,67+/m0/s1. The molecule has 534 valence electrons. The normalized spacial score (nSPS) is 14.0. The third-order valence-electron chi connectivity index (χ3n) is 16.6. The average Bonchev–Trinajstić information content (AvgIpc) is 3.62. The van der Waals surface area contributed by atoms with E-state index >= 15 is 0 Å². The minimum Gasteiger partial charge on any atom is -0.462 e. The van der Waals surface area contributed by atoms with Crippen molar-refractivity contribution in [1.82, 2.24) is 0 Å². The molecule has 5 atom stereocenters. The summed E-state index contributed by atoms with van der Waals surface area (Å²) in [6.45, 7) is 4.90. The number of hydrogen-bond donors (Lipinski definition) is 3. The summed E-state index contributed by atoms with van der Waals surface area (Å²) >= 11 is 0. The van der Waals surface area contributed by atoms with Crippen molar-refractivity contribution in [3.8, 4) is 0 Å². The summed E-state index contributed by atoms with van der Waals surface area (Å²) in [4.78, 5) is 72.4. The Morgan fingerprint density at radius 2 is 0.444 bits per heavy atom. The van der Waals surface area contributed by atoms with Crippen LogP contribution in [-0.4, -0.2) is 96.7 Å². The molecule has 0 fully saturated rings. The van der Waals surface area contributed by atoms with E-state index in [0.29, 0.717) is 25.7 Å². The molecule has 90 heavy (non-hydrogen) atoms. The summed E-state index contributed by atoms with van der Waals surface area (Å²) in [6, 6.07) is 0. The van der Waals surface area contributed by atoms with Crippen LogP contribution >= 0.6 is 15.6 Å². The van der Waals surface area contributed by atoms with Gasteiger partial charge in [-0.05, 0) is 25.7 Å². The van der Waals surface area contributed by atoms with Gasteiger partial charge in [-0.15, -0.1) is 0 Å². The van der Waals surface area contributed by atoms with Crippen LogP contribution < -0.4 is 0 Å². The highest BCUT2D eigenvalue weighted by molar-refractivity contribution is 7.47. The number of hydrogen-bond acceptors (Lipinski definition) is 15. The van der Waals surface area contributed by atoms with Crippen LogP contribution in [0.15, 0.2) is 0 Å². The molecule has 0 spiro atoms. The second-order valence-corrected chi connectivity index (χ2v) is 28.5. The van der Waals surface area contributed by atoms with E-state index in [1.165, 1.54) is 193 Å². The van der Waals surface area contributed by atoms with Gasteiger partial charge in [0.25, 0.3) is 0 Å². The van der Waals surface area contributed by atoms with Crippen molar-refractivity contribution in [2.24, 2.45) is 0 Å². The van der Waals surface area contributed by atoms with Gasteiger partial charge in [0.15, 0.2) is 12.2 Å². The Hall–Kier alpha value is -1.94. The van der Waals surface area contributed by atoms with E-state index in [9.17, 15) is 43.2 Å². The van der Waals surface area contributed by atoms with E-state index in [2.05, 4.69) is 27.7 Å². The molecule has 3 N–H and O–H groups in total. The maximum Gasteiger partial charge on any atom is 0.472 e. The van der Waals surface area contributed by atoms with Gasteiger partial charge in [-0.2, -0.15) is 0 Å². The minimum absolute atomic E-state index is 0.105.